The summed E-state index contributed by atoms with van der Waals surface area (Å²) in [5, 5.41) is 3.59. The van der Waals surface area contributed by atoms with Crippen molar-refractivity contribution in [3.05, 3.63) is 54.1 Å². The van der Waals surface area contributed by atoms with Gasteiger partial charge >= 0.3 is 0 Å². The van der Waals surface area contributed by atoms with E-state index in [4.69, 9.17) is 0 Å². The number of imidazole rings is 1. The second-order valence-electron chi connectivity index (χ2n) is 5.19. The Morgan fingerprint density at radius 3 is 2.65 bits per heavy atom. The van der Waals surface area contributed by atoms with E-state index < -0.39 is 0 Å². The zero-order valence-corrected chi connectivity index (χ0v) is 12.5. The molecule has 1 N–H and O–H groups in total. The van der Waals surface area contributed by atoms with Crippen molar-refractivity contribution in [1.29, 1.82) is 0 Å². The third-order valence-electron chi connectivity index (χ3n) is 3.51. The summed E-state index contributed by atoms with van der Waals surface area (Å²) in [6, 6.07) is 11.1. The fourth-order valence-electron chi connectivity index (χ4n) is 2.60. The van der Waals surface area contributed by atoms with Crippen LogP contribution in [0.5, 0.6) is 0 Å². The molecule has 1 aromatic carbocycles. The summed E-state index contributed by atoms with van der Waals surface area (Å²) in [4.78, 5) is 4.52. The molecule has 0 amide bonds. The van der Waals surface area contributed by atoms with Gasteiger partial charge < -0.3 is 9.88 Å². The average Bonchev–Trinajstić information content (AvgIpc) is 2.88. The minimum Gasteiger partial charge on any atom is -0.335 e. The second kappa shape index (κ2) is 7.85. The highest BCUT2D eigenvalue weighted by Crippen LogP contribution is 2.09. The topological polar surface area (TPSA) is 29.9 Å². The molecule has 0 fully saturated rings. The first-order valence-electron chi connectivity index (χ1n) is 7.60. The maximum absolute atomic E-state index is 4.52. The Morgan fingerprint density at radius 2 is 1.95 bits per heavy atom. The Balaban J connectivity index is 2.03. The Kier molecular flexibility index (Phi) is 5.81. The van der Waals surface area contributed by atoms with Crippen molar-refractivity contribution in [2.45, 2.75) is 45.7 Å². The van der Waals surface area contributed by atoms with Gasteiger partial charge in [0, 0.05) is 31.4 Å². The molecule has 1 unspecified atom stereocenters. The van der Waals surface area contributed by atoms with Gasteiger partial charge in [-0.3, -0.25) is 0 Å². The zero-order valence-electron chi connectivity index (χ0n) is 12.5. The van der Waals surface area contributed by atoms with E-state index in [0.717, 1.165) is 32.4 Å². The predicted molar refractivity (Wildman–Crippen MR) is 83.8 cm³/mol. The van der Waals surface area contributed by atoms with E-state index in [1.807, 2.05) is 6.20 Å². The smallest absolute Gasteiger partial charge is 0.110 e. The summed E-state index contributed by atoms with van der Waals surface area (Å²) in [7, 11) is 0. The number of nitrogens with one attached hydrogen (secondary N) is 1. The lowest BCUT2D eigenvalue weighted by atomic mass is 10.0. The van der Waals surface area contributed by atoms with Gasteiger partial charge in [0.2, 0.25) is 0 Å². The highest BCUT2D eigenvalue weighted by molar-refractivity contribution is 5.16. The van der Waals surface area contributed by atoms with Gasteiger partial charge in [-0.15, -0.1) is 0 Å². The van der Waals surface area contributed by atoms with Crippen LogP contribution in [0.3, 0.4) is 0 Å². The summed E-state index contributed by atoms with van der Waals surface area (Å²) in [5.41, 5.74) is 1.38. The summed E-state index contributed by atoms with van der Waals surface area (Å²) in [5.74, 6) is 1.19. The van der Waals surface area contributed by atoms with Crippen LogP contribution in [0.2, 0.25) is 0 Å². The number of nitrogens with zero attached hydrogens (tertiary/aromatic N) is 2. The third kappa shape index (κ3) is 4.20. The third-order valence-corrected chi connectivity index (χ3v) is 3.51. The fraction of sp³-hybridized carbons (Fsp3) is 0.471. The van der Waals surface area contributed by atoms with Crippen molar-refractivity contribution in [3.63, 3.8) is 0 Å². The van der Waals surface area contributed by atoms with Gasteiger partial charge in [-0.25, -0.2) is 4.98 Å². The molecule has 20 heavy (non-hydrogen) atoms. The summed E-state index contributed by atoms with van der Waals surface area (Å²) in [6.45, 7) is 6.41. The van der Waals surface area contributed by atoms with Crippen LogP contribution < -0.4 is 5.32 Å². The molecule has 0 radical (unpaired) electrons. The molecule has 0 saturated carbocycles. The monoisotopic (exact) mass is 271 g/mol. The Hall–Kier alpha value is -1.61. The van der Waals surface area contributed by atoms with Crippen LogP contribution >= 0.6 is 0 Å². The van der Waals surface area contributed by atoms with E-state index >= 15 is 0 Å². The van der Waals surface area contributed by atoms with Crippen molar-refractivity contribution < 1.29 is 0 Å². The summed E-state index contributed by atoms with van der Waals surface area (Å²) >= 11 is 0. The maximum atomic E-state index is 4.52. The van der Waals surface area contributed by atoms with Crippen LogP contribution in [0.1, 0.15) is 31.7 Å². The summed E-state index contributed by atoms with van der Waals surface area (Å²) in [6.07, 6.45) is 7.18. The molecule has 3 nitrogen and oxygen atoms in total. The van der Waals surface area contributed by atoms with Crippen molar-refractivity contribution in [1.82, 2.24) is 14.9 Å². The molecule has 0 bridgehead atoms. The fourth-order valence-corrected chi connectivity index (χ4v) is 2.60. The molecule has 1 aromatic heterocycles. The van der Waals surface area contributed by atoms with Crippen molar-refractivity contribution in [3.8, 4) is 0 Å². The number of aromatic nitrogens is 2. The number of hydrogen-bond donors (Lipinski definition) is 1. The van der Waals surface area contributed by atoms with Crippen molar-refractivity contribution >= 4 is 0 Å². The lowest BCUT2D eigenvalue weighted by Crippen LogP contribution is -2.34. The van der Waals surface area contributed by atoms with E-state index in [0.29, 0.717) is 6.04 Å². The lowest BCUT2D eigenvalue weighted by molar-refractivity contribution is 0.495. The van der Waals surface area contributed by atoms with Gasteiger partial charge in [-0.05, 0) is 24.9 Å². The Morgan fingerprint density at radius 1 is 1.15 bits per heavy atom. The highest BCUT2D eigenvalue weighted by atomic mass is 15.1. The number of rotatable bonds is 8. The highest BCUT2D eigenvalue weighted by Gasteiger charge is 2.12. The molecule has 0 spiro atoms. The first-order chi connectivity index (χ1) is 9.83. The lowest BCUT2D eigenvalue weighted by Gasteiger charge is -2.18. The van der Waals surface area contributed by atoms with Gasteiger partial charge in [-0.2, -0.15) is 0 Å². The maximum Gasteiger partial charge on any atom is 0.110 e. The molecule has 2 aromatic rings. The van der Waals surface area contributed by atoms with Crippen LogP contribution in [0.25, 0.3) is 0 Å². The van der Waals surface area contributed by atoms with Gasteiger partial charge in [-0.1, -0.05) is 44.2 Å². The number of likely N-dealkylation sites (N-methyl/N-ethyl adjacent to an activating group) is 1. The zero-order chi connectivity index (χ0) is 14.2. The molecule has 0 aliphatic heterocycles. The SMILES string of the molecule is CCCn1ccnc1CC(Cc1ccccc1)NCC. The van der Waals surface area contributed by atoms with Crippen LogP contribution in [0, 0.1) is 0 Å². The van der Waals surface area contributed by atoms with Gasteiger partial charge in [0.25, 0.3) is 0 Å². The van der Waals surface area contributed by atoms with Gasteiger partial charge in [0.15, 0.2) is 0 Å². The van der Waals surface area contributed by atoms with Crippen LogP contribution in [0.15, 0.2) is 42.7 Å². The molecular weight excluding hydrogens is 246 g/mol. The molecule has 1 heterocycles. The first kappa shape index (κ1) is 14.8. The molecule has 3 heteroatoms. The molecule has 2 rings (SSSR count). The average molecular weight is 271 g/mol. The molecule has 108 valence electrons. The molecule has 1 atom stereocenters. The molecular formula is C17H25N3. The van der Waals surface area contributed by atoms with Crippen LogP contribution in [-0.2, 0) is 19.4 Å². The summed E-state index contributed by atoms with van der Waals surface area (Å²) < 4.78 is 2.27. The number of hydrogen-bond acceptors (Lipinski definition) is 2. The number of aryl methyl sites for hydroxylation is 1. The first-order valence-corrected chi connectivity index (χ1v) is 7.60. The molecule has 0 aliphatic carbocycles. The van der Waals surface area contributed by atoms with Gasteiger partial charge in [0.05, 0.1) is 0 Å². The van der Waals surface area contributed by atoms with Crippen LogP contribution in [0.4, 0.5) is 0 Å². The Labute approximate surface area is 122 Å². The largest absolute Gasteiger partial charge is 0.335 e. The normalized spacial score (nSPS) is 12.5. The van der Waals surface area contributed by atoms with Crippen molar-refractivity contribution in [2.24, 2.45) is 0 Å². The molecule has 0 saturated heterocycles. The van der Waals surface area contributed by atoms with E-state index in [1.165, 1.54) is 11.4 Å². The van der Waals surface area contributed by atoms with E-state index in [-0.39, 0.29) is 0 Å². The minimum absolute atomic E-state index is 0.445. The van der Waals surface area contributed by atoms with E-state index in [9.17, 15) is 0 Å². The van der Waals surface area contributed by atoms with E-state index in [1.54, 1.807) is 0 Å². The van der Waals surface area contributed by atoms with Crippen LogP contribution in [-0.4, -0.2) is 22.1 Å². The standard InChI is InChI=1S/C17H25N3/c1-3-11-20-12-10-19-17(20)14-16(18-4-2)13-15-8-6-5-7-9-15/h5-10,12,16,18H,3-4,11,13-14H2,1-2H3. The van der Waals surface area contributed by atoms with E-state index in [2.05, 4.69) is 65.2 Å². The van der Waals surface area contributed by atoms with Crippen molar-refractivity contribution in [2.75, 3.05) is 6.54 Å². The predicted octanol–water partition coefficient (Wildman–Crippen LogP) is 3.06. The molecule has 0 aliphatic rings. The van der Waals surface area contributed by atoms with Gasteiger partial charge in [0.1, 0.15) is 5.82 Å². The Bertz CT molecular complexity index is 490. The second-order valence-corrected chi connectivity index (χ2v) is 5.19. The number of benzene rings is 1. The minimum atomic E-state index is 0.445. The quantitative estimate of drug-likeness (QED) is 0.799.